The number of aromatic nitrogens is 1. The minimum Gasteiger partial charge on any atom is -0.443 e. The van der Waals surface area contributed by atoms with Crippen LogP contribution in [0.25, 0.3) is 11.3 Å². The largest absolute Gasteiger partial charge is 0.443 e. The van der Waals surface area contributed by atoms with E-state index >= 15 is 0 Å². The van der Waals surface area contributed by atoms with Gasteiger partial charge < -0.3 is 9.73 Å². The zero-order valence-electron chi connectivity index (χ0n) is 9.62. The van der Waals surface area contributed by atoms with E-state index in [0.29, 0.717) is 6.04 Å². The molecule has 0 saturated heterocycles. The van der Waals surface area contributed by atoms with E-state index < -0.39 is 0 Å². The Hall–Kier alpha value is -0.400. The number of nitrogens with one attached hydrogen (secondary N) is 1. The monoisotopic (exact) mass is 418 g/mol. The molecule has 0 radical (unpaired) electrons. The van der Waals surface area contributed by atoms with E-state index in [1.54, 1.807) is 0 Å². The highest BCUT2D eigenvalue weighted by Gasteiger charge is 2.22. The van der Waals surface area contributed by atoms with Crippen LogP contribution in [0.4, 0.5) is 0 Å². The Bertz CT molecular complexity index is 566. The summed E-state index contributed by atoms with van der Waals surface area (Å²) < 4.78 is 7.77. The first-order chi connectivity index (χ1) is 8.74. The quantitative estimate of drug-likeness (QED) is 0.763. The number of halogens is 2. The van der Waals surface area contributed by atoms with Crippen molar-refractivity contribution in [2.75, 3.05) is 0 Å². The van der Waals surface area contributed by atoms with E-state index in [1.165, 1.54) is 22.8 Å². The van der Waals surface area contributed by atoms with Gasteiger partial charge in [-0.25, -0.2) is 4.98 Å². The molecule has 0 bridgehead atoms. The number of hydrogen-bond donors (Lipinski definition) is 1. The third kappa shape index (κ3) is 2.78. The van der Waals surface area contributed by atoms with Crippen LogP contribution < -0.4 is 5.32 Å². The summed E-state index contributed by atoms with van der Waals surface area (Å²) in [5, 5.41) is 3.46. The number of benzene rings is 1. The normalized spacial score (nSPS) is 15.0. The van der Waals surface area contributed by atoms with Gasteiger partial charge in [-0.15, -0.1) is 0 Å². The van der Waals surface area contributed by atoms with Gasteiger partial charge in [0, 0.05) is 26.2 Å². The second-order valence-electron chi connectivity index (χ2n) is 4.41. The maximum atomic E-state index is 5.55. The fourth-order valence-corrected chi connectivity index (χ4v) is 2.73. The minimum atomic E-state index is 0.675. The number of hydrogen-bond acceptors (Lipinski definition) is 3. The Labute approximate surface area is 128 Å². The molecule has 1 aromatic carbocycles. The van der Waals surface area contributed by atoms with Crippen molar-refractivity contribution in [2.45, 2.75) is 25.4 Å². The zero-order chi connectivity index (χ0) is 12.5. The lowest BCUT2D eigenvalue weighted by Crippen LogP contribution is -2.16. The van der Waals surface area contributed by atoms with Crippen LogP contribution in [0.15, 0.2) is 33.5 Å². The van der Waals surface area contributed by atoms with Gasteiger partial charge in [0.2, 0.25) is 0 Å². The van der Waals surface area contributed by atoms with Crippen LogP contribution >= 0.6 is 38.5 Å². The summed E-state index contributed by atoms with van der Waals surface area (Å²) in [6.07, 6.45) is 4.08. The summed E-state index contributed by atoms with van der Waals surface area (Å²) in [4.78, 5) is 4.31. The molecular weight excluding hydrogens is 407 g/mol. The van der Waals surface area contributed by atoms with Crippen molar-refractivity contribution in [1.29, 1.82) is 0 Å². The van der Waals surface area contributed by atoms with Crippen molar-refractivity contribution in [3.63, 3.8) is 0 Å². The second-order valence-corrected chi connectivity index (χ2v) is 6.51. The molecule has 0 spiro atoms. The van der Waals surface area contributed by atoms with Crippen LogP contribution in [-0.4, -0.2) is 11.0 Å². The molecule has 0 unspecified atom stereocenters. The van der Waals surface area contributed by atoms with E-state index in [2.05, 4.69) is 61.0 Å². The van der Waals surface area contributed by atoms with Gasteiger partial charge >= 0.3 is 0 Å². The molecule has 3 nitrogen and oxygen atoms in total. The lowest BCUT2D eigenvalue weighted by Gasteiger charge is -2.05. The van der Waals surface area contributed by atoms with Gasteiger partial charge in [-0.3, -0.25) is 0 Å². The predicted octanol–water partition coefficient (Wildman–Crippen LogP) is 3.96. The Balaban J connectivity index is 1.90. The second kappa shape index (κ2) is 5.30. The Morgan fingerprint density at radius 1 is 1.44 bits per heavy atom. The molecule has 94 valence electrons. The first-order valence-electron chi connectivity index (χ1n) is 5.85. The first-order valence-corrected chi connectivity index (χ1v) is 7.72. The third-order valence-electron chi connectivity index (χ3n) is 2.95. The van der Waals surface area contributed by atoms with Gasteiger partial charge in [-0.05, 0) is 53.6 Å². The van der Waals surface area contributed by atoms with Crippen LogP contribution in [-0.2, 0) is 6.54 Å². The Morgan fingerprint density at radius 3 is 3.06 bits per heavy atom. The van der Waals surface area contributed by atoms with Crippen molar-refractivity contribution in [1.82, 2.24) is 10.3 Å². The Morgan fingerprint density at radius 2 is 2.28 bits per heavy atom. The molecule has 5 heteroatoms. The van der Waals surface area contributed by atoms with E-state index in [4.69, 9.17) is 4.42 Å². The van der Waals surface area contributed by atoms with Crippen LogP contribution in [0.1, 0.15) is 18.5 Å². The van der Waals surface area contributed by atoms with Crippen molar-refractivity contribution >= 4 is 38.5 Å². The summed E-state index contributed by atoms with van der Waals surface area (Å²) in [5.74, 6) is 0.855. The average molecular weight is 419 g/mol. The summed E-state index contributed by atoms with van der Waals surface area (Å²) in [6, 6.07) is 6.88. The highest BCUT2D eigenvalue weighted by atomic mass is 127. The topological polar surface area (TPSA) is 38.1 Å². The van der Waals surface area contributed by atoms with Gasteiger partial charge in [0.15, 0.2) is 12.2 Å². The summed E-state index contributed by atoms with van der Waals surface area (Å²) >= 11 is 5.87. The van der Waals surface area contributed by atoms with Crippen LogP contribution in [0.3, 0.4) is 0 Å². The zero-order valence-corrected chi connectivity index (χ0v) is 13.4. The fraction of sp³-hybridized carbons (Fsp3) is 0.308. The van der Waals surface area contributed by atoms with Gasteiger partial charge in [-0.1, -0.05) is 15.9 Å². The minimum absolute atomic E-state index is 0.675. The molecule has 2 aromatic rings. The fourth-order valence-electron chi connectivity index (χ4n) is 1.81. The van der Waals surface area contributed by atoms with Crippen molar-refractivity contribution in [3.05, 3.63) is 38.3 Å². The predicted molar refractivity (Wildman–Crippen MR) is 82.2 cm³/mol. The molecule has 1 heterocycles. The van der Waals surface area contributed by atoms with Crippen LogP contribution in [0.5, 0.6) is 0 Å². The standard InChI is InChI=1S/C13H12BrIN2O/c14-11-4-1-8(15)5-10(11)13-12(17-7-18-13)6-16-9-2-3-9/h1,4-5,7,9,16H,2-3,6H2. The molecule has 1 N–H and O–H groups in total. The van der Waals surface area contributed by atoms with Gasteiger partial charge in [0.05, 0.1) is 0 Å². The van der Waals surface area contributed by atoms with Crippen LogP contribution in [0, 0.1) is 3.57 Å². The van der Waals surface area contributed by atoms with Gasteiger partial charge in [0.25, 0.3) is 0 Å². The van der Waals surface area contributed by atoms with E-state index in [1.807, 2.05) is 6.07 Å². The summed E-state index contributed by atoms with van der Waals surface area (Å²) in [7, 11) is 0. The number of oxazole rings is 1. The van der Waals surface area contributed by atoms with Crippen molar-refractivity contribution in [2.24, 2.45) is 0 Å². The average Bonchev–Trinajstić information content (AvgIpc) is 3.08. The highest BCUT2D eigenvalue weighted by molar-refractivity contribution is 14.1. The summed E-state index contributed by atoms with van der Waals surface area (Å²) in [5.41, 5.74) is 2.04. The molecule has 0 aliphatic heterocycles. The first kappa shape index (κ1) is 12.6. The van der Waals surface area contributed by atoms with E-state index in [-0.39, 0.29) is 0 Å². The molecule has 1 saturated carbocycles. The molecular formula is C13H12BrIN2O. The molecule has 1 fully saturated rings. The third-order valence-corrected chi connectivity index (χ3v) is 4.31. The molecule has 0 amide bonds. The molecule has 1 aromatic heterocycles. The van der Waals surface area contributed by atoms with Crippen molar-refractivity contribution < 1.29 is 4.42 Å². The lowest BCUT2D eigenvalue weighted by molar-refractivity contribution is 0.569. The van der Waals surface area contributed by atoms with Gasteiger partial charge in [-0.2, -0.15) is 0 Å². The molecule has 3 rings (SSSR count). The Kier molecular flexibility index (Phi) is 3.72. The lowest BCUT2D eigenvalue weighted by atomic mass is 10.1. The molecule has 18 heavy (non-hydrogen) atoms. The van der Waals surface area contributed by atoms with Crippen molar-refractivity contribution in [3.8, 4) is 11.3 Å². The SMILES string of the molecule is Brc1ccc(I)cc1-c1ocnc1CNC1CC1. The highest BCUT2D eigenvalue weighted by Crippen LogP contribution is 2.32. The molecule has 0 atom stereocenters. The maximum Gasteiger partial charge on any atom is 0.181 e. The number of rotatable bonds is 4. The summed E-state index contributed by atoms with van der Waals surface area (Å²) in [6.45, 7) is 0.772. The smallest absolute Gasteiger partial charge is 0.181 e. The molecule has 1 aliphatic carbocycles. The van der Waals surface area contributed by atoms with E-state index in [9.17, 15) is 0 Å². The maximum absolute atomic E-state index is 5.55. The van der Waals surface area contributed by atoms with Crippen LogP contribution in [0.2, 0.25) is 0 Å². The van der Waals surface area contributed by atoms with E-state index in [0.717, 1.165) is 28.0 Å². The number of nitrogens with zero attached hydrogens (tertiary/aromatic N) is 1. The molecule has 1 aliphatic rings. The van der Waals surface area contributed by atoms with Gasteiger partial charge in [0.1, 0.15) is 5.69 Å².